The molecule has 1 saturated carbocycles. The van der Waals surface area contributed by atoms with Gasteiger partial charge in [0.15, 0.2) is 0 Å². The van der Waals surface area contributed by atoms with Crippen molar-refractivity contribution >= 4 is 11.7 Å². The zero-order valence-corrected chi connectivity index (χ0v) is 16.1. The van der Waals surface area contributed by atoms with Gasteiger partial charge in [0, 0.05) is 29.8 Å². The van der Waals surface area contributed by atoms with Crippen LogP contribution in [0.5, 0.6) is 5.75 Å². The number of nitrogens with zero attached hydrogens (tertiary/aromatic N) is 3. The summed E-state index contributed by atoms with van der Waals surface area (Å²) in [6.07, 6.45) is 0.697. The third-order valence-electron chi connectivity index (χ3n) is 5.38. The molecule has 2 heterocycles. The molecule has 0 atom stereocenters. The summed E-state index contributed by atoms with van der Waals surface area (Å²) in [5.74, 6) is -2.46. The van der Waals surface area contributed by atoms with Crippen molar-refractivity contribution in [2.24, 2.45) is 5.73 Å². The van der Waals surface area contributed by atoms with Gasteiger partial charge < -0.3 is 16.2 Å². The first-order valence-corrected chi connectivity index (χ1v) is 9.44. The van der Waals surface area contributed by atoms with Gasteiger partial charge in [-0.25, -0.2) is 13.2 Å². The van der Waals surface area contributed by atoms with Crippen LogP contribution in [0.15, 0.2) is 42.6 Å². The average molecular weight is 429 g/mol. The lowest BCUT2D eigenvalue weighted by Gasteiger charge is -2.44. The lowest BCUT2D eigenvalue weighted by Crippen LogP contribution is -2.49. The van der Waals surface area contributed by atoms with Crippen LogP contribution < -0.4 is 11.1 Å². The minimum absolute atomic E-state index is 0.0584. The van der Waals surface area contributed by atoms with E-state index >= 15 is 0 Å². The number of nitrogens with one attached hydrogen (secondary N) is 1. The molecular formula is C21H18F3N5O2. The fourth-order valence-electron chi connectivity index (χ4n) is 3.77. The minimum atomic E-state index is -1.03. The number of nitrogens with two attached hydrogens (primary N) is 1. The summed E-state index contributed by atoms with van der Waals surface area (Å²) in [7, 11) is 0. The molecule has 1 amide bonds. The van der Waals surface area contributed by atoms with Gasteiger partial charge in [-0.15, -0.1) is 10.2 Å². The largest absolute Gasteiger partial charge is 0.507 e. The van der Waals surface area contributed by atoms with Crippen molar-refractivity contribution in [3.05, 3.63) is 65.5 Å². The summed E-state index contributed by atoms with van der Waals surface area (Å²) in [6, 6.07) is 7.62. The van der Waals surface area contributed by atoms with E-state index in [2.05, 4.69) is 20.5 Å². The van der Waals surface area contributed by atoms with Gasteiger partial charge in [0.25, 0.3) is 5.91 Å². The molecule has 1 aliphatic rings. The van der Waals surface area contributed by atoms with Crippen LogP contribution in [-0.4, -0.2) is 38.9 Å². The molecule has 3 aromatic rings. The Labute approximate surface area is 175 Å². The van der Waals surface area contributed by atoms with Crippen LogP contribution in [0.1, 0.15) is 28.9 Å². The molecule has 31 heavy (non-hydrogen) atoms. The molecule has 0 bridgehead atoms. The molecule has 160 valence electrons. The van der Waals surface area contributed by atoms with E-state index in [1.54, 1.807) is 0 Å². The van der Waals surface area contributed by atoms with Crippen molar-refractivity contribution in [1.82, 2.24) is 15.2 Å². The first-order chi connectivity index (χ1) is 14.8. The van der Waals surface area contributed by atoms with Crippen molar-refractivity contribution in [3.8, 4) is 17.0 Å². The van der Waals surface area contributed by atoms with E-state index in [9.17, 15) is 23.1 Å². The molecule has 1 aromatic carbocycles. The van der Waals surface area contributed by atoms with E-state index in [1.807, 2.05) is 0 Å². The number of phenols is 1. The van der Waals surface area contributed by atoms with Crippen molar-refractivity contribution < 1.29 is 23.1 Å². The van der Waals surface area contributed by atoms with Crippen LogP contribution in [0.4, 0.5) is 19.0 Å². The first-order valence-electron chi connectivity index (χ1n) is 9.44. The van der Waals surface area contributed by atoms with E-state index in [1.165, 1.54) is 30.5 Å². The topological polar surface area (TPSA) is 114 Å². The Balaban J connectivity index is 1.54. The quantitative estimate of drug-likeness (QED) is 0.555. The number of benzene rings is 1. The zero-order valence-electron chi connectivity index (χ0n) is 16.1. The van der Waals surface area contributed by atoms with Gasteiger partial charge in [0.1, 0.15) is 29.4 Å². The molecule has 0 spiro atoms. The number of alkyl halides is 1. The molecule has 1 fully saturated rings. The highest BCUT2D eigenvalue weighted by Crippen LogP contribution is 2.45. The lowest BCUT2D eigenvalue weighted by atomic mass is 9.65. The highest BCUT2D eigenvalue weighted by Gasteiger charge is 2.48. The van der Waals surface area contributed by atoms with E-state index in [0.29, 0.717) is 5.82 Å². The Morgan fingerprint density at radius 1 is 1.19 bits per heavy atom. The summed E-state index contributed by atoms with van der Waals surface area (Å²) in [5.41, 5.74) is 4.39. The summed E-state index contributed by atoms with van der Waals surface area (Å²) < 4.78 is 42.1. The molecule has 2 aromatic heterocycles. The predicted molar refractivity (Wildman–Crippen MR) is 106 cm³/mol. The van der Waals surface area contributed by atoms with Gasteiger partial charge in [0.2, 0.25) is 0 Å². The second kappa shape index (κ2) is 7.86. The van der Waals surface area contributed by atoms with Crippen LogP contribution in [0.25, 0.3) is 11.3 Å². The Hall–Kier alpha value is -3.69. The van der Waals surface area contributed by atoms with Crippen LogP contribution in [0.3, 0.4) is 0 Å². The van der Waals surface area contributed by atoms with Crippen molar-refractivity contribution in [3.63, 3.8) is 0 Å². The predicted octanol–water partition coefficient (Wildman–Crippen LogP) is 3.10. The molecule has 4 rings (SSSR count). The molecule has 4 N–H and O–H groups in total. The van der Waals surface area contributed by atoms with Gasteiger partial charge in [-0.2, -0.15) is 0 Å². The smallest absolute Gasteiger partial charge is 0.252 e. The van der Waals surface area contributed by atoms with Crippen molar-refractivity contribution in [1.29, 1.82) is 0 Å². The molecular weight excluding hydrogens is 411 g/mol. The summed E-state index contributed by atoms with van der Waals surface area (Å²) >= 11 is 0. The Morgan fingerprint density at radius 2 is 1.97 bits per heavy atom. The Bertz CT molecular complexity index is 1130. The molecule has 0 radical (unpaired) electrons. The summed E-state index contributed by atoms with van der Waals surface area (Å²) in [5, 5.41) is 20.6. The van der Waals surface area contributed by atoms with Crippen LogP contribution >= 0.6 is 0 Å². The molecule has 0 aliphatic heterocycles. The van der Waals surface area contributed by atoms with Gasteiger partial charge in [0.05, 0.1) is 17.0 Å². The van der Waals surface area contributed by atoms with Gasteiger partial charge in [-0.3, -0.25) is 9.78 Å². The Morgan fingerprint density at radius 3 is 2.58 bits per heavy atom. The lowest BCUT2D eigenvalue weighted by molar-refractivity contribution is 0.0963. The highest BCUT2D eigenvalue weighted by atomic mass is 19.1. The fraction of sp³-hybridized carbons (Fsp3) is 0.238. The molecule has 0 unspecified atom stereocenters. The van der Waals surface area contributed by atoms with Crippen molar-refractivity contribution in [2.75, 3.05) is 11.9 Å². The van der Waals surface area contributed by atoms with Crippen LogP contribution in [0.2, 0.25) is 0 Å². The second-order valence-corrected chi connectivity index (χ2v) is 7.49. The summed E-state index contributed by atoms with van der Waals surface area (Å²) in [6.45, 7) is 0.189. The normalized spacial score (nSPS) is 20.2. The maximum atomic E-state index is 14.2. The number of pyridine rings is 1. The first kappa shape index (κ1) is 20.6. The zero-order chi connectivity index (χ0) is 22.2. The fourth-order valence-corrected chi connectivity index (χ4v) is 3.77. The van der Waals surface area contributed by atoms with Gasteiger partial charge >= 0.3 is 0 Å². The average Bonchev–Trinajstić information content (AvgIpc) is 2.71. The van der Waals surface area contributed by atoms with Crippen LogP contribution in [-0.2, 0) is 5.41 Å². The monoisotopic (exact) mass is 429 g/mol. The van der Waals surface area contributed by atoms with Crippen molar-refractivity contribution in [2.45, 2.75) is 24.4 Å². The number of aromatic hydroxyl groups is 1. The van der Waals surface area contributed by atoms with Gasteiger partial charge in [-0.05, 0) is 43.2 Å². The number of halogens is 3. The number of amides is 1. The maximum absolute atomic E-state index is 14.2. The number of rotatable bonds is 6. The van der Waals surface area contributed by atoms with E-state index in [0.717, 1.165) is 12.1 Å². The maximum Gasteiger partial charge on any atom is 0.252 e. The van der Waals surface area contributed by atoms with Gasteiger partial charge in [-0.1, -0.05) is 0 Å². The standard InChI is InChI=1S/C21H18F3N5O2/c22-11-8-21(9-11,19-14(23)2-1-5-26-19)10-27-18-4-3-16(28-29-18)12-6-13(20(25)31)17(30)7-15(12)24/h1-7,11,30H,8-10H2,(H2,25,31)(H,27,29). The molecule has 10 heteroatoms. The third-order valence-corrected chi connectivity index (χ3v) is 5.38. The number of anilines is 1. The van der Waals surface area contributed by atoms with E-state index in [4.69, 9.17) is 5.73 Å². The third kappa shape index (κ3) is 3.88. The number of hydrogen-bond acceptors (Lipinski definition) is 6. The Kier molecular flexibility index (Phi) is 5.22. The number of carbonyl (C=O) groups excluding carboxylic acids is 1. The van der Waals surface area contributed by atoms with E-state index < -0.39 is 34.9 Å². The number of primary amides is 1. The number of aromatic nitrogens is 3. The van der Waals surface area contributed by atoms with E-state index in [-0.39, 0.29) is 41.9 Å². The number of carbonyl (C=O) groups is 1. The second-order valence-electron chi connectivity index (χ2n) is 7.49. The minimum Gasteiger partial charge on any atom is -0.507 e. The molecule has 7 nitrogen and oxygen atoms in total. The SMILES string of the molecule is NC(=O)c1cc(-c2ccc(NCC3(c4ncccc4F)CC(F)C3)nn2)c(F)cc1O. The van der Waals surface area contributed by atoms with Crippen LogP contribution in [0, 0.1) is 11.6 Å². The highest BCUT2D eigenvalue weighted by molar-refractivity contribution is 5.96. The number of hydrogen-bond donors (Lipinski definition) is 3. The molecule has 1 aliphatic carbocycles. The summed E-state index contributed by atoms with van der Waals surface area (Å²) in [4.78, 5) is 15.5. The molecule has 0 saturated heterocycles.